The molecule has 1 atom stereocenters. The summed E-state index contributed by atoms with van der Waals surface area (Å²) < 4.78 is 0. The predicted molar refractivity (Wildman–Crippen MR) is 87.4 cm³/mol. The summed E-state index contributed by atoms with van der Waals surface area (Å²) in [5, 5.41) is 11.8. The summed E-state index contributed by atoms with van der Waals surface area (Å²) >= 11 is 0. The molecule has 0 aromatic heterocycles. The van der Waals surface area contributed by atoms with Crippen molar-refractivity contribution in [3.05, 3.63) is 35.4 Å². The number of benzene rings is 1. The molecular formula is C17H27N3O2. The number of carbonyl (C=O) groups excluding carboxylic acids is 1. The second kappa shape index (κ2) is 8.27. The van der Waals surface area contributed by atoms with Gasteiger partial charge in [-0.1, -0.05) is 31.2 Å². The van der Waals surface area contributed by atoms with Crippen molar-refractivity contribution in [3.63, 3.8) is 0 Å². The van der Waals surface area contributed by atoms with Crippen LogP contribution in [0, 0.1) is 0 Å². The van der Waals surface area contributed by atoms with Crippen LogP contribution in [-0.2, 0) is 17.9 Å². The van der Waals surface area contributed by atoms with Gasteiger partial charge in [0, 0.05) is 39.3 Å². The van der Waals surface area contributed by atoms with Crippen LogP contribution < -0.4 is 5.32 Å². The van der Waals surface area contributed by atoms with Crippen molar-refractivity contribution in [2.24, 2.45) is 0 Å². The van der Waals surface area contributed by atoms with E-state index in [-0.39, 0.29) is 5.91 Å². The maximum absolute atomic E-state index is 11.3. The van der Waals surface area contributed by atoms with Gasteiger partial charge >= 0.3 is 0 Å². The standard InChI is InChI=1S/C17H27N3O2/c1-3-19-8-10-20(11-9-19)13-16-6-4-15(5-7-16)12-18-17(22)14(2)21/h4-7,14,21H,3,8-13H2,1-2H3,(H,18,22). The third-order valence-corrected chi connectivity index (χ3v) is 4.19. The first-order chi connectivity index (χ1) is 10.6. The zero-order chi connectivity index (χ0) is 15.9. The van der Waals surface area contributed by atoms with Crippen molar-refractivity contribution in [1.29, 1.82) is 0 Å². The minimum absolute atomic E-state index is 0.335. The van der Waals surface area contributed by atoms with Crippen LogP contribution in [-0.4, -0.2) is 59.6 Å². The van der Waals surface area contributed by atoms with E-state index >= 15 is 0 Å². The van der Waals surface area contributed by atoms with Crippen molar-refractivity contribution >= 4 is 5.91 Å². The van der Waals surface area contributed by atoms with Gasteiger partial charge < -0.3 is 15.3 Å². The molecule has 1 amide bonds. The fraction of sp³-hybridized carbons (Fsp3) is 0.588. The molecule has 2 N–H and O–H groups in total. The van der Waals surface area contributed by atoms with Crippen LogP contribution in [0.15, 0.2) is 24.3 Å². The first-order valence-electron chi connectivity index (χ1n) is 8.06. The van der Waals surface area contributed by atoms with Gasteiger partial charge in [-0.15, -0.1) is 0 Å². The number of amides is 1. The molecule has 0 saturated carbocycles. The average Bonchev–Trinajstić information content (AvgIpc) is 2.54. The van der Waals surface area contributed by atoms with E-state index in [1.54, 1.807) is 0 Å². The van der Waals surface area contributed by atoms with Gasteiger partial charge in [-0.05, 0) is 24.6 Å². The Morgan fingerprint density at radius 3 is 2.23 bits per heavy atom. The highest BCUT2D eigenvalue weighted by molar-refractivity contribution is 5.79. The third-order valence-electron chi connectivity index (χ3n) is 4.19. The maximum Gasteiger partial charge on any atom is 0.248 e. The SMILES string of the molecule is CCN1CCN(Cc2ccc(CNC(=O)C(C)O)cc2)CC1. The number of hydrogen-bond acceptors (Lipinski definition) is 4. The highest BCUT2D eigenvalue weighted by atomic mass is 16.3. The lowest BCUT2D eigenvalue weighted by molar-refractivity contribution is -0.128. The molecule has 22 heavy (non-hydrogen) atoms. The Bertz CT molecular complexity index is 465. The number of aliphatic hydroxyl groups is 1. The molecule has 1 aromatic carbocycles. The van der Waals surface area contributed by atoms with Crippen LogP contribution in [0.1, 0.15) is 25.0 Å². The molecule has 1 aromatic rings. The van der Waals surface area contributed by atoms with Gasteiger partial charge in [0.25, 0.3) is 0 Å². The second-order valence-electron chi connectivity index (χ2n) is 5.92. The zero-order valence-corrected chi connectivity index (χ0v) is 13.6. The monoisotopic (exact) mass is 305 g/mol. The molecule has 1 aliphatic rings. The molecule has 0 spiro atoms. The Balaban J connectivity index is 1.78. The summed E-state index contributed by atoms with van der Waals surface area (Å²) in [4.78, 5) is 16.3. The summed E-state index contributed by atoms with van der Waals surface area (Å²) in [6.45, 7) is 10.8. The van der Waals surface area contributed by atoms with Crippen LogP contribution in [0.25, 0.3) is 0 Å². The van der Waals surface area contributed by atoms with E-state index < -0.39 is 6.10 Å². The highest BCUT2D eigenvalue weighted by Gasteiger charge is 2.15. The molecule has 0 bridgehead atoms. The fourth-order valence-corrected chi connectivity index (χ4v) is 2.62. The van der Waals surface area contributed by atoms with Crippen LogP contribution in [0.4, 0.5) is 0 Å². The van der Waals surface area contributed by atoms with Crippen LogP contribution >= 0.6 is 0 Å². The second-order valence-corrected chi connectivity index (χ2v) is 5.92. The van der Waals surface area contributed by atoms with Crippen LogP contribution in [0.2, 0.25) is 0 Å². The van der Waals surface area contributed by atoms with E-state index in [4.69, 9.17) is 5.11 Å². The first kappa shape index (κ1) is 16.9. The van der Waals surface area contributed by atoms with E-state index in [1.165, 1.54) is 12.5 Å². The molecular weight excluding hydrogens is 278 g/mol. The molecule has 5 nitrogen and oxygen atoms in total. The number of aliphatic hydroxyl groups excluding tert-OH is 1. The molecule has 2 rings (SSSR count). The Morgan fingerprint density at radius 1 is 1.14 bits per heavy atom. The van der Waals surface area contributed by atoms with E-state index in [9.17, 15) is 4.79 Å². The summed E-state index contributed by atoms with van der Waals surface area (Å²) in [7, 11) is 0. The van der Waals surface area contributed by atoms with Gasteiger partial charge in [-0.2, -0.15) is 0 Å². The Labute approximate surface area is 132 Å². The normalized spacial score (nSPS) is 18.1. The molecule has 122 valence electrons. The summed E-state index contributed by atoms with van der Waals surface area (Å²) in [5.41, 5.74) is 2.35. The number of piperazine rings is 1. The van der Waals surface area contributed by atoms with Gasteiger partial charge in [-0.25, -0.2) is 0 Å². The van der Waals surface area contributed by atoms with Crippen LogP contribution in [0.3, 0.4) is 0 Å². The fourth-order valence-electron chi connectivity index (χ4n) is 2.62. The number of hydrogen-bond donors (Lipinski definition) is 2. The molecule has 1 unspecified atom stereocenters. The number of carbonyl (C=O) groups is 1. The van der Waals surface area contributed by atoms with E-state index in [2.05, 4.69) is 34.2 Å². The predicted octanol–water partition coefficient (Wildman–Crippen LogP) is 0.821. The Kier molecular flexibility index (Phi) is 6.36. The molecule has 1 fully saturated rings. The van der Waals surface area contributed by atoms with E-state index in [0.717, 1.165) is 44.8 Å². The third kappa shape index (κ3) is 5.09. The van der Waals surface area contributed by atoms with Crippen molar-refractivity contribution in [2.45, 2.75) is 33.0 Å². The first-order valence-corrected chi connectivity index (χ1v) is 8.06. The molecule has 1 aliphatic heterocycles. The van der Waals surface area contributed by atoms with Gasteiger partial charge in [0.1, 0.15) is 6.10 Å². The summed E-state index contributed by atoms with van der Waals surface area (Å²) in [5.74, 6) is -0.335. The number of likely N-dealkylation sites (N-methyl/N-ethyl adjacent to an activating group) is 1. The van der Waals surface area contributed by atoms with E-state index in [1.807, 2.05) is 12.1 Å². The van der Waals surface area contributed by atoms with Gasteiger partial charge in [0.05, 0.1) is 0 Å². The molecule has 0 aliphatic carbocycles. The van der Waals surface area contributed by atoms with Gasteiger partial charge in [-0.3, -0.25) is 9.69 Å². The van der Waals surface area contributed by atoms with Gasteiger partial charge in [0.15, 0.2) is 0 Å². The number of nitrogens with one attached hydrogen (secondary N) is 1. The van der Waals surface area contributed by atoms with Crippen molar-refractivity contribution in [1.82, 2.24) is 15.1 Å². The molecule has 5 heteroatoms. The number of nitrogens with zero attached hydrogens (tertiary/aromatic N) is 2. The molecule has 1 saturated heterocycles. The lowest BCUT2D eigenvalue weighted by Gasteiger charge is -2.34. The summed E-state index contributed by atoms with van der Waals surface area (Å²) in [6.07, 6.45) is -0.957. The highest BCUT2D eigenvalue weighted by Crippen LogP contribution is 2.10. The maximum atomic E-state index is 11.3. The van der Waals surface area contributed by atoms with E-state index in [0.29, 0.717) is 6.54 Å². The smallest absolute Gasteiger partial charge is 0.248 e. The quantitative estimate of drug-likeness (QED) is 0.817. The number of rotatable bonds is 6. The topological polar surface area (TPSA) is 55.8 Å². The van der Waals surface area contributed by atoms with Crippen molar-refractivity contribution < 1.29 is 9.90 Å². The minimum Gasteiger partial charge on any atom is -0.384 e. The molecule has 0 radical (unpaired) electrons. The largest absolute Gasteiger partial charge is 0.384 e. The zero-order valence-electron chi connectivity index (χ0n) is 13.6. The lowest BCUT2D eigenvalue weighted by atomic mass is 10.1. The summed E-state index contributed by atoms with van der Waals surface area (Å²) in [6, 6.07) is 8.33. The Hall–Kier alpha value is -1.43. The van der Waals surface area contributed by atoms with Crippen LogP contribution in [0.5, 0.6) is 0 Å². The van der Waals surface area contributed by atoms with Crippen molar-refractivity contribution in [2.75, 3.05) is 32.7 Å². The Morgan fingerprint density at radius 2 is 1.68 bits per heavy atom. The lowest BCUT2D eigenvalue weighted by Crippen LogP contribution is -2.45. The average molecular weight is 305 g/mol. The van der Waals surface area contributed by atoms with Gasteiger partial charge in [0.2, 0.25) is 5.91 Å². The van der Waals surface area contributed by atoms with Crippen molar-refractivity contribution in [3.8, 4) is 0 Å². The molecule has 1 heterocycles. The minimum atomic E-state index is -0.957.